The molecule has 2 aromatic rings. The Balaban J connectivity index is 2.27. The van der Waals surface area contributed by atoms with Crippen LogP contribution in [0, 0.1) is 13.8 Å². The molecule has 3 nitrogen and oxygen atoms in total. The number of nitrogens with one attached hydrogen (secondary N) is 1. The maximum Gasteiger partial charge on any atom is 0.259 e. The molecule has 0 unspecified atom stereocenters. The van der Waals surface area contributed by atoms with Gasteiger partial charge in [-0.2, -0.15) is 0 Å². The lowest BCUT2D eigenvalue weighted by Crippen LogP contribution is -2.12. The van der Waals surface area contributed by atoms with Crippen LogP contribution in [0.1, 0.15) is 21.9 Å². The summed E-state index contributed by atoms with van der Waals surface area (Å²) in [4.78, 5) is 12.0. The fourth-order valence-electron chi connectivity index (χ4n) is 1.65. The Kier molecular flexibility index (Phi) is 3.64. The van der Waals surface area contributed by atoms with Crippen LogP contribution >= 0.6 is 23.2 Å². The van der Waals surface area contributed by atoms with Gasteiger partial charge >= 0.3 is 0 Å². The minimum absolute atomic E-state index is 0.270. The summed E-state index contributed by atoms with van der Waals surface area (Å²) in [5.41, 5.74) is 0.968. The van der Waals surface area contributed by atoms with Gasteiger partial charge in [0.1, 0.15) is 11.5 Å². The monoisotopic (exact) mass is 283 g/mol. The van der Waals surface area contributed by atoms with Crippen LogP contribution in [0.2, 0.25) is 10.0 Å². The molecule has 1 amide bonds. The van der Waals surface area contributed by atoms with E-state index in [-0.39, 0.29) is 5.91 Å². The largest absolute Gasteiger partial charge is 0.466 e. The molecule has 2 rings (SSSR count). The minimum Gasteiger partial charge on any atom is -0.466 e. The second kappa shape index (κ2) is 5.04. The van der Waals surface area contributed by atoms with E-state index in [1.54, 1.807) is 38.1 Å². The number of anilines is 1. The van der Waals surface area contributed by atoms with E-state index in [4.69, 9.17) is 27.6 Å². The first kappa shape index (κ1) is 13.0. The van der Waals surface area contributed by atoms with Gasteiger partial charge in [-0.25, -0.2) is 0 Å². The Labute approximate surface area is 115 Å². The van der Waals surface area contributed by atoms with Crippen molar-refractivity contribution in [2.45, 2.75) is 13.8 Å². The van der Waals surface area contributed by atoms with Gasteiger partial charge in [0.15, 0.2) is 0 Å². The van der Waals surface area contributed by atoms with Gasteiger partial charge in [0.05, 0.1) is 21.3 Å². The number of hydrogen-bond donors (Lipinski definition) is 1. The predicted octanol–water partition coefficient (Wildman–Crippen LogP) is 4.46. The fourth-order valence-corrected chi connectivity index (χ4v) is 1.99. The Bertz CT molecular complexity index is 605. The van der Waals surface area contributed by atoms with E-state index in [0.29, 0.717) is 32.8 Å². The summed E-state index contributed by atoms with van der Waals surface area (Å²) in [6, 6.07) is 6.75. The van der Waals surface area contributed by atoms with Gasteiger partial charge in [-0.1, -0.05) is 29.3 Å². The van der Waals surface area contributed by atoms with Gasteiger partial charge in [0.25, 0.3) is 5.91 Å². The van der Waals surface area contributed by atoms with E-state index < -0.39 is 0 Å². The molecule has 0 aliphatic heterocycles. The van der Waals surface area contributed by atoms with Crippen LogP contribution in [0.5, 0.6) is 0 Å². The molecule has 0 atom stereocenters. The van der Waals surface area contributed by atoms with Gasteiger partial charge in [-0.05, 0) is 32.0 Å². The second-order valence-electron chi connectivity index (χ2n) is 3.88. The average Bonchev–Trinajstić information content (AvgIpc) is 2.64. The molecule has 1 heterocycles. The normalized spacial score (nSPS) is 10.4. The SMILES string of the molecule is Cc1cc(C(=O)Nc2cccc(Cl)c2Cl)c(C)o1. The van der Waals surface area contributed by atoms with Gasteiger partial charge in [0, 0.05) is 0 Å². The maximum atomic E-state index is 12.0. The lowest BCUT2D eigenvalue weighted by atomic mass is 10.2. The van der Waals surface area contributed by atoms with Crippen molar-refractivity contribution in [1.29, 1.82) is 0 Å². The van der Waals surface area contributed by atoms with Crippen molar-refractivity contribution in [2.75, 3.05) is 5.32 Å². The molecule has 0 bridgehead atoms. The molecule has 0 aliphatic rings. The molecule has 0 aliphatic carbocycles. The summed E-state index contributed by atoms with van der Waals surface area (Å²) < 4.78 is 5.31. The summed E-state index contributed by atoms with van der Waals surface area (Å²) in [6.45, 7) is 3.53. The Morgan fingerprint density at radius 2 is 2.00 bits per heavy atom. The van der Waals surface area contributed by atoms with Crippen LogP contribution in [0.15, 0.2) is 28.7 Å². The van der Waals surface area contributed by atoms with Crippen LogP contribution < -0.4 is 5.32 Å². The van der Waals surface area contributed by atoms with E-state index in [9.17, 15) is 4.79 Å². The standard InChI is InChI=1S/C13H11Cl2NO2/c1-7-6-9(8(2)18-7)13(17)16-11-5-3-4-10(14)12(11)15/h3-6H,1-2H3,(H,16,17). The zero-order chi connectivity index (χ0) is 13.3. The van der Waals surface area contributed by atoms with Gasteiger partial charge in [-0.3, -0.25) is 4.79 Å². The summed E-state index contributed by atoms with van der Waals surface area (Å²) in [7, 11) is 0. The molecule has 0 saturated heterocycles. The molecule has 18 heavy (non-hydrogen) atoms. The molecule has 1 aromatic carbocycles. The van der Waals surface area contributed by atoms with Crippen molar-refractivity contribution in [3.8, 4) is 0 Å². The van der Waals surface area contributed by atoms with Crippen molar-refractivity contribution >= 4 is 34.8 Å². The third-order valence-corrected chi connectivity index (χ3v) is 3.30. The molecule has 0 saturated carbocycles. The van der Waals surface area contributed by atoms with Crippen LogP contribution in [-0.4, -0.2) is 5.91 Å². The van der Waals surface area contributed by atoms with E-state index in [1.165, 1.54) is 0 Å². The number of furan rings is 1. The number of halogens is 2. The quantitative estimate of drug-likeness (QED) is 0.884. The Hall–Kier alpha value is -1.45. The number of rotatable bonds is 2. The van der Waals surface area contributed by atoms with E-state index in [2.05, 4.69) is 5.32 Å². The number of amides is 1. The van der Waals surface area contributed by atoms with Gasteiger partial charge < -0.3 is 9.73 Å². The summed E-state index contributed by atoms with van der Waals surface area (Å²) in [6.07, 6.45) is 0. The van der Waals surface area contributed by atoms with Crippen molar-refractivity contribution in [2.24, 2.45) is 0 Å². The highest BCUT2D eigenvalue weighted by Crippen LogP contribution is 2.30. The van der Waals surface area contributed by atoms with Crippen molar-refractivity contribution in [1.82, 2.24) is 0 Å². The van der Waals surface area contributed by atoms with Crippen LogP contribution in [0.25, 0.3) is 0 Å². The minimum atomic E-state index is -0.270. The van der Waals surface area contributed by atoms with Crippen LogP contribution in [-0.2, 0) is 0 Å². The second-order valence-corrected chi connectivity index (χ2v) is 4.67. The molecule has 1 aromatic heterocycles. The zero-order valence-electron chi connectivity index (χ0n) is 9.88. The first-order valence-corrected chi connectivity index (χ1v) is 6.07. The molecule has 0 fully saturated rings. The number of carbonyl (C=O) groups excluding carboxylic acids is 1. The highest BCUT2D eigenvalue weighted by molar-refractivity contribution is 6.44. The van der Waals surface area contributed by atoms with E-state index in [0.717, 1.165) is 0 Å². The lowest BCUT2D eigenvalue weighted by Gasteiger charge is -2.07. The molecule has 0 spiro atoms. The molecular formula is C13H11Cl2NO2. The highest BCUT2D eigenvalue weighted by atomic mass is 35.5. The van der Waals surface area contributed by atoms with Crippen molar-refractivity contribution < 1.29 is 9.21 Å². The molecule has 94 valence electrons. The average molecular weight is 284 g/mol. The van der Waals surface area contributed by atoms with E-state index >= 15 is 0 Å². The molecule has 0 radical (unpaired) electrons. The number of benzene rings is 1. The smallest absolute Gasteiger partial charge is 0.259 e. The van der Waals surface area contributed by atoms with E-state index in [1.807, 2.05) is 0 Å². The third-order valence-electron chi connectivity index (χ3n) is 2.49. The third kappa shape index (κ3) is 2.52. The maximum absolute atomic E-state index is 12.0. The molecular weight excluding hydrogens is 273 g/mol. The fraction of sp³-hybridized carbons (Fsp3) is 0.154. The van der Waals surface area contributed by atoms with Gasteiger partial charge in [-0.15, -0.1) is 0 Å². The van der Waals surface area contributed by atoms with Crippen LogP contribution in [0.4, 0.5) is 5.69 Å². The predicted molar refractivity (Wildman–Crippen MR) is 72.6 cm³/mol. The first-order chi connectivity index (χ1) is 8.49. The van der Waals surface area contributed by atoms with Gasteiger partial charge in [0.2, 0.25) is 0 Å². The lowest BCUT2D eigenvalue weighted by molar-refractivity contribution is 0.102. The molecule has 1 N–H and O–H groups in total. The topological polar surface area (TPSA) is 42.2 Å². The number of hydrogen-bond acceptors (Lipinski definition) is 2. The zero-order valence-corrected chi connectivity index (χ0v) is 11.4. The Morgan fingerprint density at radius 3 is 2.61 bits per heavy atom. The van der Waals surface area contributed by atoms with Crippen molar-refractivity contribution in [3.05, 3.63) is 51.4 Å². The number of aryl methyl sites for hydroxylation is 2. The molecule has 5 heteroatoms. The Morgan fingerprint density at radius 1 is 1.28 bits per heavy atom. The summed E-state index contributed by atoms with van der Waals surface area (Å²) in [5, 5.41) is 3.43. The summed E-state index contributed by atoms with van der Waals surface area (Å²) in [5.74, 6) is 0.992. The van der Waals surface area contributed by atoms with Crippen LogP contribution in [0.3, 0.4) is 0 Å². The summed E-state index contributed by atoms with van der Waals surface area (Å²) >= 11 is 11.9. The highest BCUT2D eigenvalue weighted by Gasteiger charge is 2.15. The first-order valence-electron chi connectivity index (χ1n) is 5.31. The number of carbonyl (C=O) groups is 1. The van der Waals surface area contributed by atoms with Crippen molar-refractivity contribution in [3.63, 3.8) is 0 Å².